The van der Waals surface area contributed by atoms with E-state index in [4.69, 9.17) is 11.6 Å². The predicted octanol–water partition coefficient (Wildman–Crippen LogP) is 3.74. The number of benzene rings is 1. The van der Waals surface area contributed by atoms with Crippen molar-refractivity contribution in [1.82, 2.24) is 9.88 Å². The number of nitrogens with zero attached hydrogens (tertiary/aromatic N) is 2. The van der Waals surface area contributed by atoms with Crippen LogP contribution in [0.5, 0.6) is 0 Å². The molecule has 0 unspecified atom stereocenters. The first kappa shape index (κ1) is 12.6. The molecule has 0 saturated heterocycles. The number of aromatic nitrogens is 1. The molecule has 0 N–H and O–H groups in total. The summed E-state index contributed by atoms with van der Waals surface area (Å²) in [5, 5.41) is 0. The first-order valence-corrected chi connectivity index (χ1v) is 6.68. The zero-order valence-corrected chi connectivity index (χ0v) is 11.6. The lowest BCUT2D eigenvalue weighted by Gasteiger charge is -2.16. The SMILES string of the molecule is Cc1ccccc1CN(C)Cc1cnc(Cl)s1. The summed E-state index contributed by atoms with van der Waals surface area (Å²) < 4.78 is 0.615. The standard InChI is InChI=1S/C13H15ClN2S/c1-10-5-3-4-6-11(10)8-16(2)9-12-7-15-13(14)17-12/h3-7H,8-9H2,1-2H3. The molecule has 0 aliphatic rings. The Morgan fingerprint density at radius 1 is 1.29 bits per heavy atom. The molecular weight excluding hydrogens is 252 g/mol. The Hall–Kier alpha value is -0.900. The molecule has 0 aliphatic heterocycles. The molecule has 90 valence electrons. The summed E-state index contributed by atoms with van der Waals surface area (Å²) in [7, 11) is 2.11. The van der Waals surface area contributed by atoms with Crippen LogP contribution in [0.25, 0.3) is 0 Å². The third-order valence-corrected chi connectivity index (χ3v) is 3.75. The Labute approximate surface area is 111 Å². The van der Waals surface area contributed by atoms with Gasteiger partial charge in [-0.2, -0.15) is 0 Å². The van der Waals surface area contributed by atoms with Gasteiger partial charge in [-0.15, -0.1) is 11.3 Å². The van der Waals surface area contributed by atoms with E-state index in [1.54, 1.807) is 11.3 Å². The number of hydrogen-bond donors (Lipinski definition) is 0. The zero-order chi connectivity index (χ0) is 12.3. The molecular formula is C13H15ClN2S. The average molecular weight is 267 g/mol. The topological polar surface area (TPSA) is 16.1 Å². The number of rotatable bonds is 4. The van der Waals surface area contributed by atoms with Crippen molar-refractivity contribution in [3.8, 4) is 0 Å². The molecule has 0 spiro atoms. The first-order chi connectivity index (χ1) is 8.15. The van der Waals surface area contributed by atoms with Crippen molar-refractivity contribution in [1.29, 1.82) is 0 Å². The number of aryl methyl sites for hydroxylation is 1. The van der Waals surface area contributed by atoms with Crippen LogP contribution in [0.1, 0.15) is 16.0 Å². The van der Waals surface area contributed by atoms with E-state index in [1.807, 2.05) is 6.20 Å². The monoisotopic (exact) mass is 266 g/mol. The molecule has 1 heterocycles. The molecule has 2 nitrogen and oxygen atoms in total. The van der Waals surface area contributed by atoms with Crippen LogP contribution in [0.4, 0.5) is 0 Å². The molecule has 0 saturated carbocycles. The maximum absolute atomic E-state index is 5.82. The predicted molar refractivity (Wildman–Crippen MR) is 73.5 cm³/mol. The second-order valence-corrected chi connectivity index (χ2v) is 5.88. The lowest BCUT2D eigenvalue weighted by molar-refractivity contribution is 0.321. The molecule has 0 radical (unpaired) electrons. The van der Waals surface area contributed by atoms with Crippen LogP contribution in [0.15, 0.2) is 30.5 Å². The van der Waals surface area contributed by atoms with E-state index < -0.39 is 0 Å². The first-order valence-electron chi connectivity index (χ1n) is 5.48. The maximum atomic E-state index is 5.82. The van der Waals surface area contributed by atoms with Crippen LogP contribution in [0.2, 0.25) is 4.47 Å². The molecule has 1 aromatic carbocycles. The Morgan fingerprint density at radius 2 is 2.06 bits per heavy atom. The van der Waals surface area contributed by atoms with Gasteiger partial charge in [-0.05, 0) is 25.1 Å². The van der Waals surface area contributed by atoms with Gasteiger partial charge in [-0.3, -0.25) is 4.90 Å². The van der Waals surface area contributed by atoms with E-state index >= 15 is 0 Å². The fourth-order valence-electron chi connectivity index (χ4n) is 1.76. The Balaban J connectivity index is 1.98. The smallest absolute Gasteiger partial charge is 0.183 e. The molecule has 0 aliphatic carbocycles. The maximum Gasteiger partial charge on any atom is 0.183 e. The van der Waals surface area contributed by atoms with Gasteiger partial charge in [0.2, 0.25) is 0 Å². The van der Waals surface area contributed by atoms with Gasteiger partial charge in [0.25, 0.3) is 0 Å². The van der Waals surface area contributed by atoms with Crippen molar-refractivity contribution in [3.05, 3.63) is 50.9 Å². The number of thiazole rings is 1. The summed E-state index contributed by atoms with van der Waals surface area (Å²) in [6.45, 7) is 3.98. The van der Waals surface area contributed by atoms with Crippen LogP contribution >= 0.6 is 22.9 Å². The van der Waals surface area contributed by atoms with Crippen molar-refractivity contribution in [3.63, 3.8) is 0 Å². The van der Waals surface area contributed by atoms with Crippen LogP contribution in [0.3, 0.4) is 0 Å². The fourth-order valence-corrected chi connectivity index (χ4v) is 2.82. The molecule has 0 fully saturated rings. The molecule has 2 rings (SSSR count). The second-order valence-electron chi connectivity index (χ2n) is 4.18. The normalized spacial score (nSPS) is 11.1. The number of hydrogen-bond acceptors (Lipinski definition) is 3. The molecule has 0 amide bonds. The van der Waals surface area contributed by atoms with Gasteiger partial charge in [0, 0.05) is 24.2 Å². The third kappa shape index (κ3) is 3.53. The van der Waals surface area contributed by atoms with E-state index in [2.05, 4.69) is 48.1 Å². The Morgan fingerprint density at radius 3 is 2.71 bits per heavy atom. The van der Waals surface area contributed by atoms with Gasteiger partial charge >= 0.3 is 0 Å². The summed E-state index contributed by atoms with van der Waals surface area (Å²) in [5.74, 6) is 0. The Bertz CT molecular complexity index is 496. The molecule has 0 atom stereocenters. The van der Waals surface area contributed by atoms with Crippen LogP contribution < -0.4 is 0 Å². The highest BCUT2D eigenvalue weighted by Gasteiger charge is 2.06. The van der Waals surface area contributed by atoms with Crippen LogP contribution in [0, 0.1) is 6.92 Å². The lowest BCUT2D eigenvalue weighted by atomic mass is 10.1. The summed E-state index contributed by atoms with van der Waals surface area (Å²) in [6, 6.07) is 8.47. The quantitative estimate of drug-likeness (QED) is 0.838. The number of halogens is 1. The average Bonchev–Trinajstić information content (AvgIpc) is 2.67. The van der Waals surface area contributed by atoms with Gasteiger partial charge in [0.1, 0.15) is 0 Å². The van der Waals surface area contributed by atoms with Crippen LogP contribution in [-0.4, -0.2) is 16.9 Å². The van der Waals surface area contributed by atoms with Gasteiger partial charge in [-0.25, -0.2) is 4.98 Å². The van der Waals surface area contributed by atoms with E-state index in [-0.39, 0.29) is 0 Å². The second kappa shape index (κ2) is 5.63. The minimum Gasteiger partial charge on any atom is -0.297 e. The van der Waals surface area contributed by atoms with E-state index in [1.165, 1.54) is 16.0 Å². The highest BCUT2D eigenvalue weighted by Crippen LogP contribution is 2.20. The summed E-state index contributed by atoms with van der Waals surface area (Å²) in [6.07, 6.45) is 1.85. The minimum atomic E-state index is 0.615. The third-order valence-electron chi connectivity index (χ3n) is 2.65. The largest absolute Gasteiger partial charge is 0.297 e. The zero-order valence-electron chi connectivity index (χ0n) is 9.98. The summed E-state index contributed by atoms with van der Waals surface area (Å²) in [4.78, 5) is 7.52. The van der Waals surface area contributed by atoms with E-state index in [0.29, 0.717) is 4.47 Å². The van der Waals surface area contributed by atoms with Crippen LogP contribution in [-0.2, 0) is 13.1 Å². The highest BCUT2D eigenvalue weighted by molar-refractivity contribution is 7.15. The summed E-state index contributed by atoms with van der Waals surface area (Å²) >= 11 is 7.36. The molecule has 1 aromatic heterocycles. The van der Waals surface area contributed by atoms with E-state index in [0.717, 1.165) is 13.1 Å². The highest BCUT2D eigenvalue weighted by atomic mass is 35.5. The fraction of sp³-hybridized carbons (Fsp3) is 0.308. The van der Waals surface area contributed by atoms with Gasteiger partial charge in [0.05, 0.1) is 0 Å². The summed E-state index contributed by atoms with van der Waals surface area (Å²) in [5.41, 5.74) is 2.70. The molecule has 4 heteroatoms. The van der Waals surface area contributed by atoms with Crippen molar-refractivity contribution >= 4 is 22.9 Å². The molecule has 0 bridgehead atoms. The van der Waals surface area contributed by atoms with Gasteiger partial charge in [0.15, 0.2) is 4.47 Å². The van der Waals surface area contributed by atoms with Crippen molar-refractivity contribution in [2.75, 3.05) is 7.05 Å². The molecule has 2 aromatic rings. The Kier molecular flexibility index (Phi) is 4.15. The molecule has 17 heavy (non-hydrogen) atoms. The lowest BCUT2D eigenvalue weighted by Crippen LogP contribution is -2.17. The van der Waals surface area contributed by atoms with Crippen molar-refractivity contribution in [2.45, 2.75) is 20.0 Å². The van der Waals surface area contributed by atoms with Crippen molar-refractivity contribution in [2.24, 2.45) is 0 Å². The van der Waals surface area contributed by atoms with Crippen molar-refractivity contribution < 1.29 is 0 Å². The van der Waals surface area contributed by atoms with Gasteiger partial charge < -0.3 is 0 Å². The minimum absolute atomic E-state index is 0.615. The van der Waals surface area contributed by atoms with Gasteiger partial charge in [-0.1, -0.05) is 35.9 Å². The van der Waals surface area contributed by atoms with E-state index in [9.17, 15) is 0 Å².